The molecule has 9 heteroatoms. The highest BCUT2D eigenvalue weighted by Gasteiger charge is 2.43. The van der Waals surface area contributed by atoms with Crippen LogP contribution in [0, 0.1) is 10.8 Å². The highest BCUT2D eigenvalue weighted by atomic mass is 16.5. The van der Waals surface area contributed by atoms with Gasteiger partial charge in [0.1, 0.15) is 5.75 Å². The first kappa shape index (κ1) is 47.2. The van der Waals surface area contributed by atoms with Gasteiger partial charge in [0.05, 0.1) is 40.9 Å². The summed E-state index contributed by atoms with van der Waals surface area (Å²) in [4.78, 5) is 39.5. The van der Waals surface area contributed by atoms with Gasteiger partial charge in [-0.1, -0.05) is 111 Å². The first-order chi connectivity index (χ1) is 34.5. The zero-order valence-electron chi connectivity index (χ0n) is 41.4. The number of hydrogen-bond donors (Lipinski definition) is 0. The molecular weight excluding hydrogens is 883 g/mol. The maximum absolute atomic E-state index is 13.6. The molecule has 0 saturated carbocycles. The Bertz CT molecular complexity index is 3320. The molecule has 7 aromatic carbocycles. The second-order valence-electron chi connectivity index (χ2n) is 20.0. The normalized spacial score (nSPS) is 17.0. The first-order valence-corrected chi connectivity index (χ1v) is 25.2. The Labute approximate surface area is 416 Å². The molecule has 71 heavy (non-hydrogen) atoms. The number of carbonyl (C=O) groups excluding carboxylic acids is 2. The highest BCUT2D eigenvalue weighted by molar-refractivity contribution is 6.25. The molecule has 1 aromatic heterocycles. The van der Waals surface area contributed by atoms with Gasteiger partial charge in [-0.25, -0.2) is 4.98 Å². The van der Waals surface area contributed by atoms with E-state index in [1.807, 2.05) is 65.0 Å². The molecule has 9 nitrogen and oxygen atoms in total. The van der Waals surface area contributed by atoms with Crippen molar-refractivity contribution in [3.8, 4) is 23.0 Å². The van der Waals surface area contributed by atoms with Crippen LogP contribution in [0.4, 0.5) is 5.69 Å². The standard InChI is InChI=1S/C62H61N3O6/c1-6-8-38-69-58(66)60(3,4)41-61(5,7-2)59(67)70-40-16-15-39-68-57-55-50-34-35-62(45-20-11-9-12-21-45,46-26-28-47(29-27-46)65-36-13-10-14-37-65)71-52(50)33-32-51(55)63-56(64-57)49-31-25-44-23-22-42-18-17-19-43-24-30-48(49)54(44)53(42)43/h9,11-12,15-35,39-40H,6-8,10,13-14,36-38,41H2,1-5H3/b39-15+,40-16+. The molecule has 3 heterocycles. The van der Waals surface area contributed by atoms with Gasteiger partial charge in [-0.15, -0.1) is 0 Å². The van der Waals surface area contributed by atoms with Crippen molar-refractivity contribution in [3.05, 3.63) is 169 Å². The number of anilines is 1. The fourth-order valence-electron chi connectivity index (χ4n) is 10.6. The fraction of sp³-hybridized carbons (Fsp3) is 0.290. The van der Waals surface area contributed by atoms with E-state index in [1.54, 1.807) is 12.2 Å². The zero-order valence-corrected chi connectivity index (χ0v) is 41.4. The van der Waals surface area contributed by atoms with Crippen LogP contribution < -0.4 is 14.4 Å². The van der Waals surface area contributed by atoms with Crippen LogP contribution in [0.5, 0.6) is 11.6 Å². The second-order valence-corrected chi connectivity index (χ2v) is 20.0. The molecule has 0 amide bonds. The Morgan fingerprint density at radius 2 is 1.42 bits per heavy atom. The molecule has 0 N–H and O–H groups in total. The van der Waals surface area contributed by atoms with Gasteiger partial charge in [0.2, 0.25) is 5.88 Å². The van der Waals surface area contributed by atoms with Crippen LogP contribution in [-0.2, 0) is 24.7 Å². The summed E-state index contributed by atoms with van der Waals surface area (Å²) in [7, 11) is 0. The summed E-state index contributed by atoms with van der Waals surface area (Å²) in [5.74, 6) is 0.785. The van der Waals surface area contributed by atoms with Crippen molar-refractivity contribution in [2.24, 2.45) is 10.8 Å². The van der Waals surface area contributed by atoms with Crippen molar-refractivity contribution in [2.45, 2.75) is 85.2 Å². The Morgan fingerprint density at radius 1 is 0.718 bits per heavy atom. The van der Waals surface area contributed by atoms with E-state index in [9.17, 15) is 9.59 Å². The summed E-state index contributed by atoms with van der Waals surface area (Å²) in [5.41, 5.74) is 2.93. The molecule has 2 aliphatic rings. The smallest absolute Gasteiger partial charge is 0.316 e. The topological polar surface area (TPSA) is 100 Å². The van der Waals surface area contributed by atoms with E-state index in [4.69, 9.17) is 28.9 Å². The van der Waals surface area contributed by atoms with Gasteiger partial charge in [0.15, 0.2) is 11.4 Å². The number of carbonyl (C=O) groups is 2. The lowest BCUT2D eigenvalue weighted by Crippen LogP contribution is -2.38. The third kappa shape index (κ3) is 9.10. The molecule has 8 aromatic rings. The molecule has 1 saturated heterocycles. The van der Waals surface area contributed by atoms with E-state index in [1.165, 1.54) is 59.0 Å². The SMILES string of the molecule is CCCCOC(=O)C(C)(C)CC(C)(CC)C(=O)O/C=C/C=C/Oc1nc(-c2ccc3ccc4cccc5ccc2c3c45)nc2ccc3c(c12)C=CC(c1ccccc1)(c1ccc(N2CCCCC2)cc1)O3. The Kier molecular flexibility index (Phi) is 13.1. The van der Waals surface area contributed by atoms with Crippen LogP contribution in [0.3, 0.4) is 0 Å². The van der Waals surface area contributed by atoms with Gasteiger partial charge in [0, 0.05) is 41.0 Å². The molecule has 2 unspecified atom stereocenters. The third-order valence-corrected chi connectivity index (χ3v) is 14.6. The van der Waals surface area contributed by atoms with Crippen molar-refractivity contribution < 1.29 is 28.5 Å². The van der Waals surface area contributed by atoms with E-state index < -0.39 is 22.4 Å². The minimum Gasteiger partial charge on any atom is -0.473 e. The number of rotatable bonds is 16. The van der Waals surface area contributed by atoms with E-state index in [2.05, 4.69) is 108 Å². The van der Waals surface area contributed by atoms with Crippen molar-refractivity contribution in [1.82, 2.24) is 9.97 Å². The van der Waals surface area contributed by atoms with Gasteiger partial charge in [-0.3, -0.25) is 9.59 Å². The third-order valence-electron chi connectivity index (χ3n) is 14.6. The average Bonchev–Trinajstić information content (AvgIpc) is 3.41. The van der Waals surface area contributed by atoms with E-state index in [0.29, 0.717) is 41.4 Å². The van der Waals surface area contributed by atoms with E-state index in [0.717, 1.165) is 59.0 Å². The van der Waals surface area contributed by atoms with Crippen LogP contribution in [0.25, 0.3) is 60.7 Å². The number of aromatic nitrogens is 2. The number of benzene rings is 7. The molecule has 2 atom stereocenters. The summed E-state index contributed by atoms with van der Waals surface area (Å²) in [6.45, 7) is 11.9. The number of hydrogen-bond acceptors (Lipinski definition) is 9. The minimum absolute atomic E-state index is 0.280. The lowest BCUT2D eigenvalue weighted by Gasteiger charge is -2.37. The van der Waals surface area contributed by atoms with Crippen molar-refractivity contribution in [2.75, 3.05) is 24.6 Å². The van der Waals surface area contributed by atoms with Gasteiger partial charge >= 0.3 is 11.9 Å². The molecule has 0 bridgehead atoms. The number of allylic oxidation sites excluding steroid dienone is 2. The number of piperidine rings is 1. The summed E-state index contributed by atoms with van der Waals surface area (Å²) in [6.07, 6.45) is 16.6. The Balaban J connectivity index is 1.00. The van der Waals surface area contributed by atoms with Gasteiger partial charge in [0.25, 0.3) is 0 Å². The summed E-state index contributed by atoms with van der Waals surface area (Å²) in [5, 5.41) is 7.63. The van der Waals surface area contributed by atoms with Gasteiger partial charge < -0.3 is 23.8 Å². The van der Waals surface area contributed by atoms with E-state index >= 15 is 0 Å². The number of nitrogens with zero attached hydrogens (tertiary/aromatic N) is 3. The fourth-order valence-corrected chi connectivity index (χ4v) is 10.6. The minimum atomic E-state index is -0.914. The average molecular weight is 944 g/mol. The summed E-state index contributed by atoms with van der Waals surface area (Å²) < 4.78 is 25.0. The largest absolute Gasteiger partial charge is 0.473 e. The van der Waals surface area contributed by atoms with Crippen LogP contribution in [0.15, 0.2) is 152 Å². The molecule has 0 spiro atoms. The quantitative estimate of drug-likeness (QED) is 0.0308. The van der Waals surface area contributed by atoms with Crippen molar-refractivity contribution >= 4 is 66.9 Å². The van der Waals surface area contributed by atoms with Crippen molar-refractivity contribution in [1.29, 1.82) is 0 Å². The number of esters is 2. The molecule has 0 radical (unpaired) electrons. The molecule has 360 valence electrons. The number of fused-ring (bicyclic) bond motifs is 3. The molecular formula is C62H61N3O6. The first-order valence-electron chi connectivity index (χ1n) is 25.2. The molecule has 0 aliphatic carbocycles. The molecule has 2 aliphatic heterocycles. The maximum atomic E-state index is 13.6. The van der Waals surface area contributed by atoms with E-state index in [-0.39, 0.29) is 12.4 Å². The maximum Gasteiger partial charge on any atom is 0.316 e. The van der Waals surface area contributed by atoms with Crippen LogP contribution in [-0.4, -0.2) is 41.6 Å². The molecule has 1 fully saturated rings. The van der Waals surface area contributed by atoms with Gasteiger partial charge in [-0.2, -0.15) is 4.98 Å². The summed E-state index contributed by atoms with van der Waals surface area (Å²) >= 11 is 0. The predicted octanol–water partition coefficient (Wildman–Crippen LogP) is 14.7. The zero-order chi connectivity index (χ0) is 49.2. The highest BCUT2D eigenvalue weighted by Crippen LogP contribution is 2.47. The lowest BCUT2D eigenvalue weighted by atomic mass is 9.72. The van der Waals surface area contributed by atoms with Crippen molar-refractivity contribution in [3.63, 3.8) is 0 Å². The Hall–Kier alpha value is -7.52. The summed E-state index contributed by atoms with van der Waals surface area (Å²) in [6, 6.07) is 42.5. The second kappa shape index (κ2) is 19.7. The number of ether oxygens (including phenoxy) is 4. The van der Waals surface area contributed by atoms with Crippen LogP contribution in [0.2, 0.25) is 0 Å². The predicted molar refractivity (Wildman–Crippen MR) is 286 cm³/mol. The van der Waals surface area contributed by atoms with Gasteiger partial charge in [-0.05, 0) is 146 Å². The lowest BCUT2D eigenvalue weighted by molar-refractivity contribution is -0.160. The molecule has 10 rings (SSSR count). The van der Waals surface area contributed by atoms with Crippen LogP contribution >= 0.6 is 0 Å². The number of unbranched alkanes of at least 4 members (excludes halogenated alkanes) is 1. The van der Waals surface area contributed by atoms with Crippen LogP contribution in [0.1, 0.15) is 96.3 Å². The Morgan fingerprint density at radius 3 is 2.17 bits per heavy atom. The monoisotopic (exact) mass is 943 g/mol.